The van der Waals surface area contributed by atoms with Crippen molar-refractivity contribution >= 4 is 70.0 Å². The highest BCUT2D eigenvalue weighted by molar-refractivity contribution is 6.07. The third-order valence-electron chi connectivity index (χ3n) is 8.82. The highest BCUT2D eigenvalue weighted by Gasteiger charge is 2.17. The first-order chi connectivity index (χ1) is 29.2. The fourth-order valence-corrected chi connectivity index (χ4v) is 5.79. The van der Waals surface area contributed by atoms with Crippen LogP contribution in [0.4, 0.5) is 0 Å². The van der Waals surface area contributed by atoms with E-state index in [0.29, 0.717) is 44.7 Å². The number of nitrogens with zero attached hydrogens (tertiary/aromatic N) is 4. The Balaban J connectivity index is 1.09. The monoisotopic (exact) mass is 794 g/mol. The van der Waals surface area contributed by atoms with Gasteiger partial charge in [-0.15, -0.1) is 0 Å². The summed E-state index contributed by atoms with van der Waals surface area (Å²) >= 11 is 0. The molecular weight excluding hydrogens is 761 g/mol. The van der Waals surface area contributed by atoms with Crippen molar-refractivity contribution in [1.29, 1.82) is 0 Å². The second kappa shape index (κ2) is 18.4. The van der Waals surface area contributed by atoms with Crippen LogP contribution in [0.2, 0.25) is 0 Å². The number of aromatic hydroxyl groups is 2. The van der Waals surface area contributed by atoms with Crippen molar-refractivity contribution in [2.75, 3.05) is 0 Å². The van der Waals surface area contributed by atoms with E-state index in [1.165, 1.54) is 36.7 Å². The van der Waals surface area contributed by atoms with Gasteiger partial charge in [-0.1, -0.05) is 97.1 Å². The van der Waals surface area contributed by atoms with Gasteiger partial charge in [-0.25, -0.2) is 20.8 Å². The third kappa shape index (κ3) is 9.77. The Labute approximate surface area is 342 Å². The Morgan fingerprint density at radius 2 is 0.833 bits per heavy atom. The number of carbonyl (C=O) groups is 4. The van der Waals surface area contributed by atoms with E-state index in [2.05, 4.69) is 31.7 Å². The van der Waals surface area contributed by atoms with Gasteiger partial charge in [0.15, 0.2) is 0 Å². The highest BCUT2D eigenvalue weighted by Crippen LogP contribution is 2.23. The van der Waals surface area contributed by atoms with Crippen LogP contribution in [0.15, 0.2) is 167 Å². The molecule has 0 saturated heterocycles. The number of hydrazone groups is 2. The van der Waals surface area contributed by atoms with Crippen LogP contribution in [0.25, 0.3) is 34.0 Å². The molecule has 0 fully saturated rings. The number of carbonyl (C=O) groups excluding carboxylic acids is 4. The molecule has 4 amide bonds. The number of fused-ring (bicyclic) bond motifs is 3. The van der Waals surface area contributed by atoms with Gasteiger partial charge in [-0.2, -0.15) is 10.2 Å². The molecule has 2 heterocycles. The fourth-order valence-electron chi connectivity index (χ4n) is 5.79. The number of rotatable bonds is 12. The lowest BCUT2D eigenvalue weighted by Crippen LogP contribution is -2.32. The van der Waals surface area contributed by atoms with E-state index >= 15 is 0 Å². The lowest BCUT2D eigenvalue weighted by molar-refractivity contribution is -0.118. The summed E-state index contributed by atoms with van der Waals surface area (Å²) in [6.07, 6.45) is 5.36. The summed E-state index contributed by atoms with van der Waals surface area (Å²) in [6.45, 7) is 0. The lowest BCUT2D eigenvalue weighted by Gasteiger charge is -2.10. The van der Waals surface area contributed by atoms with Crippen LogP contribution in [0, 0.1) is 0 Å². The molecule has 0 radical (unpaired) electrons. The topological polar surface area (TPSA) is 207 Å². The molecule has 0 aliphatic rings. The van der Waals surface area contributed by atoms with Crippen molar-refractivity contribution < 1.29 is 29.4 Å². The van der Waals surface area contributed by atoms with E-state index in [0.717, 1.165) is 10.8 Å². The average Bonchev–Trinajstić information content (AvgIpc) is 3.27. The number of phenolic OH excluding ortho intramolecular Hbond substituents is 2. The molecule has 0 saturated carbocycles. The SMILES string of the molecule is O=C(N/N=C\c1ccc2ccc3ccc(/C=N/NC(=O)/C(=C/c4ccccc4O)NC(=O)c4ccccc4)nc3c2n1)/C(=C/c1ccccc1O)NC(=O)c1ccccc1. The van der Waals surface area contributed by atoms with Gasteiger partial charge in [-0.05, 0) is 60.7 Å². The van der Waals surface area contributed by atoms with Crippen LogP contribution in [0.1, 0.15) is 43.2 Å². The molecule has 0 unspecified atom stereocenters. The van der Waals surface area contributed by atoms with Gasteiger partial charge in [0, 0.05) is 33.0 Å². The second-order valence-corrected chi connectivity index (χ2v) is 13.0. The fraction of sp³-hybridized carbons (Fsp3) is 0. The van der Waals surface area contributed by atoms with Crippen molar-refractivity contribution in [3.8, 4) is 11.5 Å². The molecule has 0 spiro atoms. The van der Waals surface area contributed by atoms with Crippen LogP contribution in [0.3, 0.4) is 0 Å². The molecule has 60 heavy (non-hydrogen) atoms. The Hall–Kier alpha value is -8.78. The van der Waals surface area contributed by atoms with E-state index < -0.39 is 23.6 Å². The maximum atomic E-state index is 13.3. The molecule has 2 aromatic heterocycles. The molecule has 5 aromatic carbocycles. The minimum Gasteiger partial charge on any atom is -0.507 e. The molecule has 0 aliphatic carbocycles. The van der Waals surface area contributed by atoms with Gasteiger partial charge < -0.3 is 20.8 Å². The Kier molecular flexibility index (Phi) is 12.1. The molecule has 0 atom stereocenters. The van der Waals surface area contributed by atoms with Gasteiger partial charge in [0.1, 0.15) is 22.9 Å². The van der Waals surface area contributed by atoms with Gasteiger partial charge in [0.05, 0.1) is 34.9 Å². The molecule has 14 nitrogen and oxygen atoms in total. The van der Waals surface area contributed by atoms with E-state index in [1.54, 1.807) is 109 Å². The summed E-state index contributed by atoms with van der Waals surface area (Å²) in [4.78, 5) is 62.0. The predicted octanol–water partition coefficient (Wildman–Crippen LogP) is 6.04. The van der Waals surface area contributed by atoms with Crippen molar-refractivity contribution in [3.05, 3.63) is 191 Å². The number of phenols is 2. The number of aromatic nitrogens is 2. The molecule has 294 valence electrons. The minimum atomic E-state index is -0.748. The summed E-state index contributed by atoms with van der Waals surface area (Å²) in [5.74, 6) is -2.73. The van der Waals surface area contributed by atoms with Crippen molar-refractivity contribution in [1.82, 2.24) is 31.5 Å². The summed E-state index contributed by atoms with van der Waals surface area (Å²) < 4.78 is 0. The zero-order valence-electron chi connectivity index (χ0n) is 31.5. The molecule has 7 rings (SSSR count). The van der Waals surface area contributed by atoms with E-state index in [1.807, 2.05) is 24.3 Å². The number of benzene rings is 5. The first-order valence-corrected chi connectivity index (χ1v) is 18.3. The predicted molar refractivity (Wildman–Crippen MR) is 229 cm³/mol. The summed E-state index contributed by atoms with van der Waals surface area (Å²) in [6, 6.07) is 40.3. The van der Waals surface area contributed by atoms with Crippen LogP contribution in [-0.2, 0) is 9.59 Å². The van der Waals surface area contributed by atoms with Crippen LogP contribution < -0.4 is 21.5 Å². The Bertz CT molecular complexity index is 2680. The molecule has 6 N–H and O–H groups in total. The van der Waals surface area contributed by atoms with Crippen LogP contribution in [-0.4, -0.2) is 56.2 Å². The van der Waals surface area contributed by atoms with Gasteiger partial charge in [0.25, 0.3) is 23.6 Å². The number of nitrogens with one attached hydrogen (secondary N) is 4. The third-order valence-corrected chi connectivity index (χ3v) is 8.82. The smallest absolute Gasteiger partial charge is 0.287 e. The van der Waals surface area contributed by atoms with E-state index in [9.17, 15) is 29.4 Å². The average molecular weight is 795 g/mol. The molecule has 0 bridgehead atoms. The van der Waals surface area contributed by atoms with Crippen molar-refractivity contribution in [2.45, 2.75) is 0 Å². The molecule has 7 aromatic rings. The first kappa shape index (κ1) is 39.5. The quantitative estimate of drug-likeness (QED) is 0.0371. The van der Waals surface area contributed by atoms with Gasteiger partial charge >= 0.3 is 0 Å². The Morgan fingerprint density at radius 1 is 0.467 bits per heavy atom. The largest absolute Gasteiger partial charge is 0.507 e. The summed E-state index contributed by atoms with van der Waals surface area (Å²) in [5, 5.41) is 35.5. The second-order valence-electron chi connectivity index (χ2n) is 13.0. The van der Waals surface area contributed by atoms with Crippen LogP contribution in [0.5, 0.6) is 11.5 Å². The van der Waals surface area contributed by atoms with Gasteiger partial charge in [0.2, 0.25) is 0 Å². The van der Waals surface area contributed by atoms with Gasteiger partial charge in [-0.3, -0.25) is 19.2 Å². The Morgan fingerprint density at radius 3 is 1.23 bits per heavy atom. The lowest BCUT2D eigenvalue weighted by atomic mass is 10.1. The maximum absolute atomic E-state index is 13.3. The number of amides is 4. The molecule has 0 aliphatic heterocycles. The first-order valence-electron chi connectivity index (χ1n) is 18.3. The zero-order valence-corrected chi connectivity index (χ0v) is 31.5. The molecule has 14 heteroatoms. The number of pyridine rings is 2. The number of para-hydroxylation sites is 2. The zero-order chi connectivity index (χ0) is 41.8. The van der Waals surface area contributed by atoms with E-state index in [4.69, 9.17) is 9.97 Å². The summed E-state index contributed by atoms with van der Waals surface area (Å²) in [7, 11) is 0. The highest BCUT2D eigenvalue weighted by atomic mass is 16.3. The summed E-state index contributed by atoms with van der Waals surface area (Å²) in [5.41, 5.74) is 7.59. The van der Waals surface area contributed by atoms with Crippen LogP contribution >= 0.6 is 0 Å². The molecular formula is C46H34N8O6. The van der Waals surface area contributed by atoms with Crippen molar-refractivity contribution in [2.24, 2.45) is 10.2 Å². The normalized spacial score (nSPS) is 11.8. The van der Waals surface area contributed by atoms with E-state index in [-0.39, 0.29) is 22.9 Å². The van der Waals surface area contributed by atoms with Crippen molar-refractivity contribution in [3.63, 3.8) is 0 Å². The number of hydrogen-bond donors (Lipinski definition) is 6. The standard InChI is InChI=1S/C46H34N8O6/c55-39-17-9-7-15-33(39)25-37(51-43(57)31-11-3-1-4-12-31)45(59)53-47-27-35-23-21-29-19-20-30-22-24-36(50-42(30)41(29)49-35)28-48-54-46(60)38(26-34-16-8-10-18-40(34)56)52-44(58)32-13-5-2-6-14-32/h1-28,55-56H,(H,51,57)(H,52,58)(H,53,59)(H,54,60)/b37-25-,38-26-,47-27-,48-28+. The number of hydrogen-bond acceptors (Lipinski definition) is 10. The minimum absolute atomic E-state index is 0.0859. The maximum Gasteiger partial charge on any atom is 0.287 e.